The van der Waals surface area contributed by atoms with Crippen LogP contribution in [-0.4, -0.2) is 13.7 Å². The van der Waals surface area contributed by atoms with Crippen LogP contribution in [0.15, 0.2) is 432 Å². The third kappa shape index (κ3) is 11.5. The molecule has 0 spiro atoms. The topological polar surface area (TPSA) is 54.2 Å². The van der Waals surface area contributed by atoms with Crippen LogP contribution in [-0.2, 0) is 0 Å². The summed E-state index contributed by atoms with van der Waals surface area (Å²) in [4.78, 5) is 0. The molecule has 27 rings (SSSR count). The van der Waals surface area contributed by atoms with Crippen LogP contribution in [0, 0.1) is 0 Å². The number of benzene rings is 18. The van der Waals surface area contributed by atoms with Gasteiger partial charge in [0, 0.05) is 101 Å². The Kier molecular flexibility index (Phi) is 16.5. The van der Waals surface area contributed by atoms with E-state index in [4.69, 9.17) is 13.3 Å². The zero-order chi connectivity index (χ0) is 80.7. The molecule has 0 aliphatic carbocycles. The Balaban J connectivity index is 0.000000101. The number of furan rings is 3. The van der Waals surface area contributed by atoms with Crippen molar-refractivity contribution in [3.05, 3.63) is 419 Å². The molecule has 0 saturated carbocycles. The lowest BCUT2D eigenvalue weighted by atomic mass is 9.97. The van der Waals surface area contributed by atoms with E-state index < -0.39 is 0 Å². The molecule has 9 aromatic heterocycles. The van der Waals surface area contributed by atoms with Crippen LogP contribution < -0.4 is 0 Å². The predicted molar refractivity (Wildman–Crippen MR) is 523 cm³/mol. The maximum Gasteiger partial charge on any atom is 0.143 e. The highest BCUT2D eigenvalue weighted by atomic mass is 32.1. The van der Waals surface area contributed by atoms with Gasteiger partial charge >= 0.3 is 0 Å². The lowest BCUT2D eigenvalue weighted by molar-refractivity contribution is 0.668. The molecule has 123 heavy (non-hydrogen) atoms. The van der Waals surface area contributed by atoms with Crippen molar-refractivity contribution in [3.8, 4) is 83.8 Å². The maximum atomic E-state index is 6.38. The third-order valence-electron chi connectivity index (χ3n) is 24.6. The molecule has 576 valence electrons. The first kappa shape index (κ1) is 70.6. The number of hydrogen-bond acceptors (Lipinski definition) is 6. The van der Waals surface area contributed by atoms with E-state index in [-0.39, 0.29) is 0 Å². The Morgan fingerprint density at radius 1 is 0.163 bits per heavy atom. The molecule has 9 heteroatoms. The highest BCUT2D eigenvalue weighted by Gasteiger charge is 2.25. The van der Waals surface area contributed by atoms with Crippen LogP contribution in [0.5, 0.6) is 0 Å². The highest BCUT2D eigenvalue weighted by Crippen LogP contribution is 2.51. The lowest BCUT2D eigenvalue weighted by Crippen LogP contribution is -1.92. The van der Waals surface area contributed by atoms with E-state index in [1.807, 2.05) is 70.4 Å². The number of rotatable bonds is 9. The number of thiophene rings is 3. The van der Waals surface area contributed by atoms with Crippen molar-refractivity contribution in [2.24, 2.45) is 0 Å². The van der Waals surface area contributed by atoms with Gasteiger partial charge in [0.05, 0.1) is 47.2 Å². The molecule has 0 amide bonds. The Morgan fingerprint density at radius 2 is 0.455 bits per heavy atom. The van der Waals surface area contributed by atoms with Gasteiger partial charge in [0.15, 0.2) is 0 Å². The van der Waals surface area contributed by atoms with E-state index in [0.717, 1.165) is 82.5 Å². The largest absolute Gasteiger partial charge is 0.456 e. The Morgan fingerprint density at radius 3 is 0.911 bits per heavy atom. The van der Waals surface area contributed by atoms with Gasteiger partial charge in [-0.2, -0.15) is 0 Å². The van der Waals surface area contributed by atoms with Crippen LogP contribution in [0.1, 0.15) is 0 Å². The predicted octanol–water partition coefficient (Wildman–Crippen LogP) is 33.7. The van der Waals surface area contributed by atoms with Gasteiger partial charge in [0.1, 0.15) is 33.5 Å². The molecule has 0 aliphatic rings. The summed E-state index contributed by atoms with van der Waals surface area (Å²) in [5.74, 6) is 0. The van der Waals surface area contributed by atoms with Gasteiger partial charge in [-0.3, -0.25) is 0 Å². The molecular weight excluding hydrogens is 1560 g/mol. The van der Waals surface area contributed by atoms with Gasteiger partial charge < -0.3 is 27.0 Å². The fourth-order valence-corrected chi connectivity index (χ4v) is 23.1. The van der Waals surface area contributed by atoms with Crippen LogP contribution in [0.2, 0.25) is 0 Å². The zero-order valence-corrected chi connectivity index (χ0v) is 68.6. The van der Waals surface area contributed by atoms with Crippen LogP contribution >= 0.6 is 34.0 Å². The summed E-state index contributed by atoms with van der Waals surface area (Å²) in [6.45, 7) is 0. The molecule has 0 saturated heterocycles. The summed E-state index contributed by atoms with van der Waals surface area (Å²) in [6.07, 6.45) is 0. The highest BCUT2D eigenvalue weighted by molar-refractivity contribution is 7.28. The molecule has 0 radical (unpaired) electrons. The first-order chi connectivity index (χ1) is 61.0. The smallest absolute Gasteiger partial charge is 0.143 e. The van der Waals surface area contributed by atoms with E-state index in [2.05, 4.69) is 396 Å². The minimum atomic E-state index is 0.922. The van der Waals surface area contributed by atoms with Crippen molar-refractivity contribution in [3.63, 3.8) is 0 Å². The number of fused-ring (bicyclic) bond motifs is 24. The normalized spacial score (nSPS) is 11.9. The number of aromatic nitrogens is 3. The summed E-state index contributed by atoms with van der Waals surface area (Å²) in [7, 11) is 0. The number of nitrogens with zero attached hydrogens (tertiary/aromatic N) is 3. The molecule has 0 fully saturated rings. The molecule has 9 heterocycles. The second kappa shape index (κ2) is 28.7. The lowest BCUT2D eigenvalue weighted by Gasteiger charge is -2.10. The Hall–Kier alpha value is -15.4. The minimum Gasteiger partial charge on any atom is -0.456 e. The SMILES string of the molecule is c1ccc(-n2c3ccccc3c3sc4c(-c5cccc(-c6ccc7c(c6)oc6ccccc67)c5)cccc4c32)cc1.c1ccc(-n2c3ccccc3c3sc4c(-c5cccc(-c6ccc7oc8ccccc8c7c6)c5)cccc4c32)cc1.c1ccc(-n2c3ccccc3c3sc4c(-c5cccc(-c6cccc7c6oc6ccccc67)c5)cccc4c32)cc1. The first-order valence-electron chi connectivity index (χ1n) is 41.6. The minimum absolute atomic E-state index is 0.922. The molecule has 0 atom stereocenters. The van der Waals surface area contributed by atoms with Gasteiger partial charge in [-0.15, -0.1) is 34.0 Å². The van der Waals surface area contributed by atoms with Crippen molar-refractivity contribution in [1.82, 2.24) is 13.7 Å². The molecule has 6 nitrogen and oxygen atoms in total. The summed E-state index contributed by atoms with van der Waals surface area (Å²) in [5.41, 5.74) is 31.2. The van der Waals surface area contributed by atoms with Gasteiger partial charge in [-0.05, 0) is 176 Å². The van der Waals surface area contributed by atoms with Crippen LogP contribution in [0.3, 0.4) is 0 Å². The standard InChI is InChI=1S/3C38H23NOS/c1-2-13-26(14-3-1)39-33-21-6-4-16-31(33)38-35(39)32-20-10-18-28(37(32)41-38)25-12-8-11-24(23-25)27-17-9-19-30-29-15-5-7-22-34(29)40-36(27)30;1-2-12-27(13-3-1)39-33-18-6-4-15-31(33)38-36(39)32-17-9-16-28(37(32)41-38)26-11-8-10-24(22-26)25-20-21-30-29-14-5-7-19-34(29)40-35(30)23-25;1-2-12-27(13-3-1)39-33-18-6-4-15-30(33)38-36(39)31-17-9-16-28(37(31)41-38)26-11-8-10-24(22-26)25-20-21-35-32(23-25)29-14-5-7-19-34(29)40-35/h3*1-23H. The maximum absolute atomic E-state index is 6.38. The van der Waals surface area contributed by atoms with E-state index in [1.165, 1.54) is 161 Å². The molecule has 27 aromatic rings. The Labute approximate surface area is 717 Å². The fraction of sp³-hybridized carbons (Fsp3) is 0. The summed E-state index contributed by atoms with van der Waals surface area (Å²) >= 11 is 5.70. The number of hydrogen-bond donors (Lipinski definition) is 0. The third-order valence-corrected chi connectivity index (χ3v) is 28.4. The van der Waals surface area contributed by atoms with E-state index in [1.54, 1.807) is 0 Å². The van der Waals surface area contributed by atoms with Crippen molar-refractivity contribution in [2.45, 2.75) is 0 Å². The van der Waals surface area contributed by atoms with Crippen molar-refractivity contribution < 1.29 is 13.3 Å². The molecular formula is C114H69N3O3S3. The van der Waals surface area contributed by atoms with E-state index in [9.17, 15) is 0 Å². The van der Waals surface area contributed by atoms with E-state index in [0.29, 0.717) is 0 Å². The monoisotopic (exact) mass is 1620 g/mol. The quantitative estimate of drug-likeness (QED) is 0.145. The molecule has 18 aromatic carbocycles. The van der Waals surface area contributed by atoms with Crippen molar-refractivity contribution in [2.75, 3.05) is 0 Å². The molecule has 0 bridgehead atoms. The second-order valence-electron chi connectivity index (χ2n) is 31.6. The van der Waals surface area contributed by atoms with Gasteiger partial charge in [0.2, 0.25) is 0 Å². The molecule has 0 aliphatic heterocycles. The van der Waals surface area contributed by atoms with Crippen LogP contribution in [0.25, 0.3) is 243 Å². The zero-order valence-electron chi connectivity index (χ0n) is 66.1. The second-order valence-corrected chi connectivity index (χ2v) is 34.7. The van der Waals surface area contributed by atoms with Crippen LogP contribution in [0.4, 0.5) is 0 Å². The fourth-order valence-electron chi connectivity index (χ4n) is 19.1. The average Bonchev–Trinajstić information content (AvgIpc) is 1.57. The summed E-state index contributed by atoms with van der Waals surface area (Å²) < 4.78 is 33.9. The summed E-state index contributed by atoms with van der Waals surface area (Å²) in [6, 6.07) is 150. The van der Waals surface area contributed by atoms with Gasteiger partial charge in [0.25, 0.3) is 0 Å². The average molecular weight is 1630 g/mol. The van der Waals surface area contributed by atoms with Crippen molar-refractivity contribution >= 4 is 193 Å². The molecule has 0 N–H and O–H groups in total. The number of para-hydroxylation sites is 10. The van der Waals surface area contributed by atoms with Gasteiger partial charge in [-0.25, -0.2) is 0 Å². The van der Waals surface area contributed by atoms with Gasteiger partial charge in [-0.1, -0.05) is 303 Å². The molecule has 0 unspecified atom stereocenters. The first-order valence-corrected chi connectivity index (χ1v) is 44.0. The Bertz CT molecular complexity index is 8890. The van der Waals surface area contributed by atoms with E-state index >= 15 is 0 Å². The van der Waals surface area contributed by atoms with Crippen molar-refractivity contribution in [1.29, 1.82) is 0 Å². The summed E-state index contributed by atoms with van der Waals surface area (Å²) in [5, 5.41) is 14.7.